The Hall–Kier alpha value is -1.55. The summed E-state index contributed by atoms with van der Waals surface area (Å²) in [6, 6.07) is 3.72. The number of aliphatic hydroxyl groups is 2. The Morgan fingerprint density at radius 3 is 3.00 bits per heavy atom. The molecule has 2 N–H and O–H groups in total. The van der Waals surface area contributed by atoms with Crippen LogP contribution in [0.25, 0.3) is 11.0 Å². The second-order valence-electron chi connectivity index (χ2n) is 6.55. The Labute approximate surface area is 157 Å². The molecule has 9 heteroatoms. The van der Waals surface area contributed by atoms with Gasteiger partial charge in [0.15, 0.2) is 6.23 Å². The van der Waals surface area contributed by atoms with E-state index in [4.69, 9.17) is 21.1 Å². The molecule has 7 nitrogen and oxygen atoms in total. The zero-order valence-corrected chi connectivity index (χ0v) is 15.3. The van der Waals surface area contributed by atoms with Crippen LogP contribution < -0.4 is 0 Å². The fraction of sp³-hybridized carbons (Fsp3) is 0.412. The van der Waals surface area contributed by atoms with Gasteiger partial charge < -0.3 is 24.3 Å². The minimum Gasteiger partial charge on any atom is -0.387 e. The van der Waals surface area contributed by atoms with Gasteiger partial charge in [-0.25, -0.2) is 9.97 Å². The molecule has 136 valence electrons. The Kier molecular flexibility index (Phi) is 3.82. The highest BCUT2D eigenvalue weighted by molar-refractivity contribution is 7.16. The van der Waals surface area contributed by atoms with Crippen LogP contribution >= 0.6 is 22.9 Å². The van der Waals surface area contributed by atoms with Gasteiger partial charge >= 0.3 is 0 Å². The monoisotopic (exact) mass is 393 g/mol. The molecular weight excluding hydrogens is 378 g/mol. The van der Waals surface area contributed by atoms with Crippen molar-refractivity contribution in [2.45, 2.75) is 44.2 Å². The van der Waals surface area contributed by atoms with Crippen LogP contribution in [-0.2, 0) is 16.1 Å². The number of hydrogen-bond donors (Lipinski definition) is 2. The van der Waals surface area contributed by atoms with Gasteiger partial charge in [-0.1, -0.05) is 11.6 Å². The summed E-state index contributed by atoms with van der Waals surface area (Å²) in [5.41, 5.74) is 2.42. The third-order valence-electron chi connectivity index (χ3n) is 5.07. The van der Waals surface area contributed by atoms with Gasteiger partial charge in [0.2, 0.25) is 0 Å². The summed E-state index contributed by atoms with van der Waals surface area (Å²) in [6.07, 6.45) is -0.837. The predicted molar refractivity (Wildman–Crippen MR) is 95.0 cm³/mol. The maximum atomic E-state index is 10.6. The lowest BCUT2D eigenvalue weighted by Crippen LogP contribution is -2.34. The van der Waals surface area contributed by atoms with Crippen LogP contribution in [-0.4, -0.2) is 43.1 Å². The highest BCUT2D eigenvalue weighted by Crippen LogP contribution is 2.46. The van der Waals surface area contributed by atoms with Crippen LogP contribution in [0.2, 0.25) is 4.34 Å². The number of rotatable bonds is 2. The minimum absolute atomic E-state index is 0.434. The normalized spacial score (nSPS) is 31.0. The Bertz CT molecular complexity index is 990. The van der Waals surface area contributed by atoms with Crippen LogP contribution in [0.15, 0.2) is 24.7 Å². The van der Waals surface area contributed by atoms with Gasteiger partial charge in [0.25, 0.3) is 0 Å². The Balaban J connectivity index is 1.50. The van der Waals surface area contributed by atoms with E-state index in [0.717, 1.165) is 21.5 Å². The van der Waals surface area contributed by atoms with E-state index >= 15 is 0 Å². The minimum atomic E-state index is -1.10. The van der Waals surface area contributed by atoms with Crippen molar-refractivity contribution in [1.82, 2.24) is 14.5 Å². The van der Waals surface area contributed by atoms with Crippen molar-refractivity contribution < 1.29 is 19.7 Å². The first kappa shape index (κ1) is 16.6. The molecule has 2 aliphatic heterocycles. The fourth-order valence-electron chi connectivity index (χ4n) is 3.76. The zero-order chi connectivity index (χ0) is 18.0. The first-order valence-corrected chi connectivity index (χ1v) is 9.43. The van der Waals surface area contributed by atoms with Crippen LogP contribution in [0.1, 0.15) is 28.5 Å². The molecule has 0 bridgehead atoms. The third kappa shape index (κ3) is 2.34. The number of hydrogen-bond acceptors (Lipinski definition) is 7. The zero-order valence-electron chi connectivity index (χ0n) is 13.7. The van der Waals surface area contributed by atoms with Crippen LogP contribution in [0.4, 0.5) is 0 Å². The maximum absolute atomic E-state index is 10.6. The standard InChI is InChI=1S/C17H16ClN3O4S/c1-7-8-2-3-21(16(8)20-6-19-7)17-13(23)12(22)15(25-17)14-9-4-11(18)26-10(9)5-24-14/h2-4,6,12-15,17,22-23H,5H2,1H3/t12-,13+,14?,15-,17+/m0/s1. The largest absolute Gasteiger partial charge is 0.387 e. The van der Waals surface area contributed by atoms with E-state index in [1.807, 2.05) is 19.1 Å². The number of aliphatic hydroxyl groups excluding tert-OH is 2. The number of thiophene rings is 1. The van der Waals surface area contributed by atoms with E-state index in [1.54, 1.807) is 10.8 Å². The molecule has 0 radical (unpaired) electrons. The topological polar surface area (TPSA) is 89.6 Å². The predicted octanol–water partition coefficient (Wildman–Crippen LogP) is 2.35. The average molecular weight is 394 g/mol. The molecule has 5 heterocycles. The quantitative estimate of drug-likeness (QED) is 0.694. The van der Waals surface area contributed by atoms with Crippen molar-refractivity contribution >= 4 is 34.0 Å². The molecule has 1 fully saturated rings. The summed E-state index contributed by atoms with van der Waals surface area (Å²) in [5, 5.41) is 22.1. The van der Waals surface area contributed by atoms with E-state index in [1.165, 1.54) is 17.7 Å². The van der Waals surface area contributed by atoms with E-state index in [-0.39, 0.29) is 0 Å². The molecule has 5 atom stereocenters. The lowest BCUT2D eigenvalue weighted by molar-refractivity contribution is -0.104. The lowest BCUT2D eigenvalue weighted by atomic mass is 10.0. The fourth-order valence-corrected chi connectivity index (χ4v) is 5.00. The highest BCUT2D eigenvalue weighted by atomic mass is 35.5. The second-order valence-corrected chi connectivity index (χ2v) is 8.32. The van der Waals surface area contributed by atoms with Gasteiger partial charge in [-0.3, -0.25) is 0 Å². The summed E-state index contributed by atoms with van der Waals surface area (Å²) in [5.74, 6) is 0. The smallest absolute Gasteiger partial charge is 0.164 e. The van der Waals surface area contributed by atoms with Gasteiger partial charge in [-0.2, -0.15) is 0 Å². The Morgan fingerprint density at radius 1 is 1.31 bits per heavy atom. The van der Waals surface area contributed by atoms with Crippen molar-refractivity contribution in [2.24, 2.45) is 0 Å². The van der Waals surface area contributed by atoms with Crippen molar-refractivity contribution in [3.8, 4) is 0 Å². The molecule has 1 unspecified atom stereocenters. The van der Waals surface area contributed by atoms with Crippen molar-refractivity contribution in [2.75, 3.05) is 0 Å². The number of nitrogens with zero attached hydrogens (tertiary/aromatic N) is 3. The third-order valence-corrected chi connectivity index (χ3v) is 6.32. The molecule has 2 aliphatic rings. The van der Waals surface area contributed by atoms with E-state index in [2.05, 4.69) is 9.97 Å². The average Bonchev–Trinajstić information content (AvgIpc) is 3.34. The van der Waals surface area contributed by atoms with Gasteiger partial charge in [-0.05, 0) is 19.1 Å². The Morgan fingerprint density at radius 2 is 2.15 bits per heavy atom. The summed E-state index contributed by atoms with van der Waals surface area (Å²) in [6.45, 7) is 2.33. The summed E-state index contributed by atoms with van der Waals surface area (Å²) < 4.78 is 14.3. The second kappa shape index (κ2) is 5.98. The molecule has 3 aromatic rings. The van der Waals surface area contributed by atoms with E-state index in [0.29, 0.717) is 16.6 Å². The molecule has 26 heavy (non-hydrogen) atoms. The lowest BCUT2D eigenvalue weighted by Gasteiger charge is -2.21. The van der Waals surface area contributed by atoms with E-state index < -0.39 is 30.6 Å². The number of halogens is 1. The molecule has 0 saturated carbocycles. The molecule has 0 aliphatic carbocycles. The van der Waals surface area contributed by atoms with E-state index in [9.17, 15) is 10.2 Å². The van der Waals surface area contributed by atoms with Crippen molar-refractivity contribution in [1.29, 1.82) is 0 Å². The number of fused-ring (bicyclic) bond motifs is 2. The molecule has 0 aromatic carbocycles. The SMILES string of the molecule is Cc1ncnc2c1ccn2[C@@H]1O[C@H](C2OCc3sc(Cl)cc32)[C@@H](O)[C@H]1O. The van der Waals surface area contributed by atoms with Gasteiger partial charge in [0.05, 0.1) is 16.6 Å². The molecule has 3 aromatic heterocycles. The van der Waals surface area contributed by atoms with Crippen LogP contribution in [0.5, 0.6) is 0 Å². The molecule has 1 saturated heterocycles. The van der Waals surface area contributed by atoms with Gasteiger partial charge in [0, 0.05) is 22.0 Å². The molecule has 5 rings (SSSR count). The summed E-state index contributed by atoms with van der Waals surface area (Å²) in [4.78, 5) is 9.51. The van der Waals surface area contributed by atoms with Crippen LogP contribution in [0, 0.1) is 6.92 Å². The summed E-state index contributed by atoms with van der Waals surface area (Å²) >= 11 is 7.56. The molecular formula is C17H16ClN3O4S. The van der Waals surface area contributed by atoms with Gasteiger partial charge in [0.1, 0.15) is 36.4 Å². The van der Waals surface area contributed by atoms with Gasteiger partial charge in [-0.15, -0.1) is 11.3 Å². The first-order valence-electron chi connectivity index (χ1n) is 8.24. The van der Waals surface area contributed by atoms with Crippen LogP contribution in [0.3, 0.4) is 0 Å². The van der Waals surface area contributed by atoms with Crippen molar-refractivity contribution in [3.63, 3.8) is 0 Å². The van der Waals surface area contributed by atoms with Crippen molar-refractivity contribution in [3.05, 3.63) is 45.1 Å². The number of aryl methyl sites for hydroxylation is 1. The first-order chi connectivity index (χ1) is 12.5. The summed E-state index contributed by atoms with van der Waals surface area (Å²) in [7, 11) is 0. The highest BCUT2D eigenvalue weighted by Gasteiger charge is 2.50. The molecule has 0 spiro atoms. The maximum Gasteiger partial charge on any atom is 0.164 e. The molecule has 0 amide bonds. The number of aromatic nitrogens is 3. The number of ether oxygens (including phenoxy) is 2.